The van der Waals surface area contributed by atoms with E-state index in [-0.39, 0.29) is 0 Å². The van der Waals surface area contributed by atoms with Gasteiger partial charge in [-0.3, -0.25) is 0 Å². The van der Waals surface area contributed by atoms with Crippen LogP contribution in [0.5, 0.6) is 0 Å². The van der Waals surface area contributed by atoms with Crippen molar-refractivity contribution >= 4 is 11.4 Å². The number of hydrogen-bond acceptors (Lipinski definition) is 1. The molecule has 0 spiro atoms. The van der Waals surface area contributed by atoms with Crippen LogP contribution >= 0.6 is 0 Å². The zero-order chi connectivity index (χ0) is 19.3. The first-order valence-electron chi connectivity index (χ1n) is 10.1. The highest BCUT2D eigenvalue weighted by molar-refractivity contribution is 5.74. The average Bonchev–Trinajstić information content (AvgIpc) is 2.83. The molecule has 3 aromatic carbocycles. The van der Waals surface area contributed by atoms with E-state index in [4.69, 9.17) is 0 Å². The van der Waals surface area contributed by atoms with E-state index >= 15 is 0 Å². The van der Waals surface area contributed by atoms with Gasteiger partial charge < -0.3 is 4.90 Å². The Morgan fingerprint density at radius 2 is 1.61 bits per heavy atom. The van der Waals surface area contributed by atoms with Crippen LogP contribution in [0.3, 0.4) is 0 Å². The Kier molecular flexibility index (Phi) is 5.43. The summed E-state index contributed by atoms with van der Waals surface area (Å²) in [5, 5.41) is 0. The van der Waals surface area contributed by atoms with Crippen molar-refractivity contribution in [1.29, 1.82) is 0 Å². The van der Waals surface area contributed by atoms with Gasteiger partial charge in [-0.2, -0.15) is 0 Å². The SMILES string of the molecule is CCC1/C=C\C=C/CN(c2ccccc2)c2ccc(-c3ccc(C)cc3)cc21. The largest absolute Gasteiger partial charge is 0.337 e. The standard InChI is InChI=1S/C27H27N/c1-3-22-10-6-5-9-19-28(25-11-7-4-8-12-25)27-18-17-24(20-26(22)27)23-15-13-21(2)14-16-23/h4-18,20,22H,3,19H2,1-2H3/b9-5-,10-6-. The molecule has 1 heterocycles. The summed E-state index contributed by atoms with van der Waals surface area (Å²) in [5.74, 6) is 0.398. The molecule has 1 aliphatic rings. The second kappa shape index (κ2) is 8.31. The van der Waals surface area contributed by atoms with Crippen LogP contribution in [0.4, 0.5) is 11.4 Å². The summed E-state index contributed by atoms with van der Waals surface area (Å²) in [4.78, 5) is 2.42. The summed E-state index contributed by atoms with van der Waals surface area (Å²) in [6, 6.07) is 26.5. The number of nitrogens with zero attached hydrogens (tertiary/aromatic N) is 1. The van der Waals surface area contributed by atoms with Gasteiger partial charge in [0, 0.05) is 23.8 Å². The molecule has 1 unspecified atom stereocenters. The van der Waals surface area contributed by atoms with Crippen molar-refractivity contribution in [2.75, 3.05) is 11.4 Å². The topological polar surface area (TPSA) is 3.24 Å². The minimum Gasteiger partial charge on any atom is -0.337 e. The van der Waals surface area contributed by atoms with Gasteiger partial charge in [0.2, 0.25) is 0 Å². The van der Waals surface area contributed by atoms with E-state index in [0.717, 1.165) is 13.0 Å². The predicted molar refractivity (Wildman–Crippen MR) is 121 cm³/mol. The maximum absolute atomic E-state index is 2.42. The van der Waals surface area contributed by atoms with Crippen LogP contribution in [0.2, 0.25) is 0 Å². The zero-order valence-electron chi connectivity index (χ0n) is 16.7. The smallest absolute Gasteiger partial charge is 0.0452 e. The molecule has 0 saturated heterocycles. The molecule has 140 valence electrons. The van der Waals surface area contributed by atoms with Crippen LogP contribution < -0.4 is 4.90 Å². The number of allylic oxidation sites excluding steroid dienone is 3. The van der Waals surface area contributed by atoms with Gasteiger partial charge in [0.15, 0.2) is 0 Å². The summed E-state index contributed by atoms with van der Waals surface area (Å²) < 4.78 is 0. The van der Waals surface area contributed by atoms with E-state index in [1.807, 2.05) is 0 Å². The normalized spacial score (nSPS) is 18.5. The lowest BCUT2D eigenvalue weighted by Gasteiger charge is -2.28. The minimum atomic E-state index is 0.398. The highest BCUT2D eigenvalue weighted by atomic mass is 15.1. The Bertz CT molecular complexity index is 981. The van der Waals surface area contributed by atoms with Gasteiger partial charge >= 0.3 is 0 Å². The van der Waals surface area contributed by atoms with Crippen LogP contribution in [-0.2, 0) is 0 Å². The van der Waals surface area contributed by atoms with E-state index in [1.54, 1.807) is 0 Å². The number of fused-ring (bicyclic) bond motifs is 1. The fraction of sp³-hybridized carbons (Fsp3) is 0.185. The molecular formula is C27H27N. The van der Waals surface area contributed by atoms with E-state index < -0.39 is 0 Å². The molecule has 0 aromatic heterocycles. The molecule has 3 aromatic rings. The van der Waals surface area contributed by atoms with Crippen molar-refractivity contribution in [2.24, 2.45) is 0 Å². The van der Waals surface area contributed by atoms with Crippen LogP contribution in [0.25, 0.3) is 11.1 Å². The van der Waals surface area contributed by atoms with Gasteiger partial charge in [0.25, 0.3) is 0 Å². The van der Waals surface area contributed by atoms with Gasteiger partial charge in [-0.05, 0) is 54.3 Å². The Morgan fingerprint density at radius 1 is 0.857 bits per heavy atom. The van der Waals surface area contributed by atoms with Gasteiger partial charge in [-0.25, -0.2) is 0 Å². The lowest BCUT2D eigenvalue weighted by atomic mass is 9.90. The Balaban J connectivity index is 1.86. The molecule has 0 radical (unpaired) electrons. The molecule has 1 heteroatoms. The van der Waals surface area contributed by atoms with Gasteiger partial charge in [0.1, 0.15) is 0 Å². The fourth-order valence-electron chi connectivity index (χ4n) is 3.88. The zero-order valence-corrected chi connectivity index (χ0v) is 16.7. The summed E-state index contributed by atoms with van der Waals surface area (Å²) in [7, 11) is 0. The quantitative estimate of drug-likeness (QED) is 0.467. The molecule has 0 N–H and O–H groups in total. The van der Waals surface area contributed by atoms with Gasteiger partial charge in [0.05, 0.1) is 0 Å². The molecule has 0 aliphatic carbocycles. The maximum atomic E-state index is 2.42. The third-order valence-electron chi connectivity index (χ3n) is 5.49. The monoisotopic (exact) mass is 365 g/mol. The van der Waals surface area contributed by atoms with Crippen LogP contribution in [0, 0.1) is 6.92 Å². The third kappa shape index (κ3) is 3.80. The first-order valence-corrected chi connectivity index (χ1v) is 10.1. The fourth-order valence-corrected chi connectivity index (χ4v) is 3.88. The lowest BCUT2D eigenvalue weighted by Crippen LogP contribution is -2.19. The molecule has 4 rings (SSSR count). The number of rotatable bonds is 3. The first kappa shape index (κ1) is 18.3. The van der Waals surface area contributed by atoms with Crippen LogP contribution in [-0.4, -0.2) is 6.54 Å². The number of para-hydroxylation sites is 1. The lowest BCUT2D eigenvalue weighted by molar-refractivity contribution is 0.803. The van der Waals surface area contributed by atoms with E-state index in [1.165, 1.54) is 33.6 Å². The van der Waals surface area contributed by atoms with Crippen molar-refractivity contribution in [3.8, 4) is 11.1 Å². The molecule has 28 heavy (non-hydrogen) atoms. The molecule has 1 aliphatic heterocycles. The summed E-state index contributed by atoms with van der Waals surface area (Å²) >= 11 is 0. The van der Waals surface area contributed by atoms with Crippen molar-refractivity contribution in [3.63, 3.8) is 0 Å². The number of anilines is 2. The molecule has 0 saturated carbocycles. The first-order chi connectivity index (χ1) is 13.8. The van der Waals surface area contributed by atoms with Crippen molar-refractivity contribution in [1.82, 2.24) is 0 Å². The Labute approximate surface area is 168 Å². The second-order valence-electron chi connectivity index (χ2n) is 7.41. The Hall–Kier alpha value is -3.06. The van der Waals surface area contributed by atoms with E-state index in [9.17, 15) is 0 Å². The molecule has 0 amide bonds. The molecule has 0 bridgehead atoms. The summed E-state index contributed by atoms with van der Waals surface area (Å²) in [6.45, 7) is 5.27. The average molecular weight is 366 g/mol. The molecular weight excluding hydrogens is 338 g/mol. The van der Waals surface area contributed by atoms with Crippen LogP contribution in [0.15, 0.2) is 97.1 Å². The van der Waals surface area contributed by atoms with E-state index in [2.05, 4.69) is 116 Å². The maximum Gasteiger partial charge on any atom is 0.0452 e. The second-order valence-corrected chi connectivity index (χ2v) is 7.41. The molecule has 1 nitrogen and oxygen atoms in total. The third-order valence-corrected chi connectivity index (χ3v) is 5.49. The highest BCUT2D eigenvalue weighted by Gasteiger charge is 2.18. The Morgan fingerprint density at radius 3 is 2.36 bits per heavy atom. The summed E-state index contributed by atoms with van der Waals surface area (Å²) in [5.41, 5.74) is 7.77. The van der Waals surface area contributed by atoms with Gasteiger partial charge in [-0.15, -0.1) is 0 Å². The predicted octanol–water partition coefficient (Wildman–Crippen LogP) is 7.42. The number of aryl methyl sites for hydroxylation is 1. The molecule has 0 fully saturated rings. The minimum absolute atomic E-state index is 0.398. The number of hydrogen-bond donors (Lipinski definition) is 0. The van der Waals surface area contributed by atoms with Crippen LogP contribution in [0.1, 0.15) is 30.4 Å². The van der Waals surface area contributed by atoms with Gasteiger partial charge in [-0.1, -0.05) is 85.3 Å². The number of benzene rings is 3. The van der Waals surface area contributed by atoms with Crippen molar-refractivity contribution < 1.29 is 0 Å². The van der Waals surface area contributed by atoms with E-state index in [0.29, 0.717) is 5.92 Å². The van der Waals surface area contributed by atoms with Crippen molar-refractivity contribution in [3.05, 3.63) is 108 Å². The summed E-state index contributed by atoms with van der Waals surface area (Å²) in [6.07, 6.45) is 10.0. The highest BCUT2D eigenvalue weighted by Crippen LogP contribution is 2.38. The van der Waals surface area contributed by atoms with Crippen molar-refractivity contribution in [2.45, 2.75) is 26.2 Å². The molecule has 1 atom stereocenters.